The number of Topliss-reactive ketones (excluding diaryl/α,β-unsaturated/α-hetero) is 1. The summed E-state index contributed by atoms with van der Waals surface area (Å²) in [5, 5.41) is 8.03. The van der Waals surface area contributed by atoms with E-state index in [1.165, 1.54) is 12.8 Å². The van der Waals surface area contributed by atoms with Crippen LogP contribution in [-0.2, 0) is 17.8 Å². The lowest BCUT2D eigenvalue weighted by Crippen LogP contribution is -2.40. The van der Waals surface area contributed by atoms with Gasteiger partial charge in [0.15, 0.2) is 0 Å². The molecular weight excluding hydrogens is 230 g/mol. The molecule has 0 spiro atoms. The standard InChI is InChI=1S/C13H21N3O2/c1-3-12-14-15-13(18-12)9-16-7-5-4-6-11(16)8-10(2)17/h11H,3-9H2,1-2H3. The molecule has 1 fully saturated rings. The van der Waals surface area contributed by atoms with Crippen molar-refractivity contribution in [3.8, 4) is 0 Å². The van der Waals surface area contributed by atoms with Crippen molar-refractivity contribution in [3.63, 3.8) is 0 Å². The minimum atomic E-state index is 0.256. The maximum Gasteiger partial charge on any atom is 0.230 e. The van der Waals surface area contributed by atoms with Gasteiger partial charge >= 0.3 is 0 Å². The zero-order valence-corrected chi connectivity index (χ0v) is 11.2. The highest BCUT2D eigenvalue weighted by molar-refractivity contribution is 5.76. The molecule has 0 radical (unpaired) electrons. The highest BCUT2D eigenvalue weighted by atomic mass is 16.4. The Labute approximate surface area is 108 Å². The van der Waals surface area contributed by atoms with Crippen molar-refractivity contribution in [2.45, 2.75) is 58.5 Å². The van der Waals surface area contributed by atoms with Crippen molar-refractivity contribution in [3.05, 3.63) is 11.8 Å². The number of carbonyl (C=O) groups is 1. The lowest BCUT2D eigenvalue weighted by atomic mass is 9.98. The molecule has 5 heteroatoms. The molecule has 5 nitrogen and oxygen atoms in total. The van der Waals surface area contributed by atoms with Gasteiger partial charge in [0, 0.05) is 18.9 Å². The second-order valence-corrected chi connectivity index (χ2v) is 4.97. The Bertz CT molecular complexity index is 403. The number of aromatic nitrogens is 2. The number of nitrogens with zero attached hydrogens (tertiary/aromatic N) is 3. The van der Waals surface area contributed by atoms with E-state index in [2.05, 4.69) is 15.1 Å². The molecule has 1 aliphatic rings. The lowest BCUT2D eigenvalue weighted by molar-refractivity contribution is -0.118. The summed E-state index contributed by atoms with van der Waals surface area (Å²) in [5.74, 6) is 1.61. The van der Waals surface area contributed by atoms with E-state index in [1.807, 2.05) is 6.92 Å². The Balaban J connectivity index is 1.98. The largest absolute Gasteiger partial charge is 0.424 e. The van der Waals surface area contributed by atoms with Crippen molar-refractivity contribution in [2.75, 3.05) is 6.54 Å². The van der Waals surface area contributed by atoms with Crippen LogP contribution in [0.5, 0.6) is 0 Å². The van der Waals surface area contributed by atoms with Gasteiger partial charge in [0.05, 0.1) is 6.54 Å². The van der Waals surface area contributed by atoms with Gasteiger partial charge in [-0.25, -0.2) is 0 Å². The maximum absolute atomic E-state index is 11.3. The third kappa shape index (κ3) is 3.38. The van der Waals surface area contributed by atoms with Gasteiger partial charge in [0.2, 0.25) is 11.8 Å². The van der Waals surface area contributed by atoms with Crippen LogP contribution in [-0.4, -0.2) is 33.5 Å². The number of ketones is 1. The normalized spacial score (nSPS) is 21.1. The first-order valence-electron chi connectivity index (χ1n) is 6.73. The zero-order valence-electron chi connectivity index (χ0n) is 11.2. The van der Waals surface area contributed by atoms with Crippen LogP contribution in [0.4, 0.5) is 0 Å². The molecule has 100 valence electrons. The smallest absolute Gasteiger partial charge is 0.230 e. The summed E-state index contributed by atoms with van der Waals surface area (Å²) in [4.78, 5) is 13.6. The second kappa shape index (κ2) is 6.09. The molecule has 1 aromatic heterocycles. The molecule has 1 unspecified atom stereocenters. The van der Waals surface area contributed by atoms with Crippen LogP contribution in [0, 0.1) is 0 Å². The molecule has 0 amide bonds. The van der Waals surface area contributed by atoms with Gasteiger partial charge in [-0.2, -0.15) is 0 Å². The summed E-state index contributed by atoms with van der Waals surface area (Å²) in [6.45, 7) is 5.35. The summed E-state index contributed by atoms with van der Waals surface area (Å²) in [6.07, 6.45) is 4.88. The first-order valence-corrected chi connectivity index (χ1v) is 6.73. The van der Waals surface area contributed by atoms with Gasteiger partial charge in [-0.1, -0.05) is 13.3 Å². The Morgan fingerprint density at radius 1 is 1.39 bits per heavy atom. The summed E-state index contributed by atoms with van der Waals surface area (Å²) in [5.41, 5.74) is 0. The van der Waals surface area contributed by atoms with Crippen molar-refractivity contribution < 1.29 is 9.21 Å². The quantitative estimate of drug-likeness (QED) is 0.800. The number of piperidine rings is 1. The molecule has 0 aromatic carbocycles. The van der Waals surface area contributed by atoms with Crippen LogP contribution in [0.15, 0.2) is 4.42 Å². The van der Waals surface area contributed by atoms with Gasteiger partial charge in [-0.05, 0) is 26.3 Å². The SMILES string of the molecule is CCc1nnc(CN2CCCCC2CC(C)=O)o1. The highest BCUT2D eigenvalue weighted by Crippen LogP contribution is 2.21. The molecule has 0 bridgehead atoms. The monoisotopic (exact) mass is 251 g/mol. The Morgan fingerprint density at radius 2 is 2.17 bits per heavy atom. The fourth-order valence-electron chi connectivity index (χ4n) is 2.50. The molecule has 0 aliphatic carbocycles. The van der Waals surface area contributed by atoms with Gasteiger partial charge in [0.1, 0.15) is 5.78 Å². The van der Waals surface area contributed by atoms with Crippen molar-refractivity contribution in [1.82, 2.24) is 15.1 Å². The number of hydrogen-bond donors (Lipinski definition) is 0. The van der Waals surface area contributed by atoms with E-state index in [4.69, 9.17) is 4.42 Å². The fourth-order valence-corrected chi connectivity index (χ4v) is 2.50. The number of aryl methyl sites for hydroxylation is 1. The average Bonchev–Trinajstić information content (AvgIpc) is 2.79. The topological polar surface area (TPSA) is 59.2 Å². The van der Waals surface area contributed by atoms with E-state index in [1.54, 1.807) is 6.92 Å². The minimum absolute atomic E-state index is 0.256. The summed E-state index contributed by atoms with van der Waals surface area (Å²) < 4.78 is 5.54. The molecule has 0 saturated carbocycles. The van der Waals surface area contributed by atoms with E-state index in [0.29, 0.717) is 30.8 Å². The van der Waals surface area contributed by atoms with Crippen LogP contribution >= 0.6 is 0 Å². The minimum Gasteiger partial charge on any atom is -0.424 e. The van der Waals surface area contributed by atoms with Gasteiger partial charge in [-0.15, -0.1) is 10.2 Å². The second-order valence-electron chi connectivity index (χ2n) is 4.97. The van der Waals surface area contributed by atoms with Gasteiger partial charge in [0.25, 0.3) is 0 Å². The number of likely N-dealkylation sites (tertiary alicyclic amines) is 1. The molecule has 1 aromatic rings. The molecule has 1 aliphatic heterocycles. The van der Waals surface area contributed by atoms with E-state index in [-0.39, 0.29) is 5.78 Å². The molecular formula is C13H21N3O2. The number of hydrogen-bond acceptors (Lipinski definition) is 5. The molecule has 1 saturated heterocycles. The van der Waals surface area contributed by atoms with E-state index < -0.39 is 0 Å². The van der Waals surface area contributed by atoms with E-state index in [0.717, 1.165) is 19.4 Å². The summed E-state index contributed by atoms with van der Waals surface area (Å²) >= 11 is 0. The van der Waals surface area contributed by atoms with Crippen LogP contribution in [0.25, 0.3) is 0 Å². The molecule has 0 N–H and O–H groups in total. The predicted octanol–water partition coefficient (Wildman–Crippen LogP) is 1.97. The predicted molar refractivity (Wildman–Crippen MR) is 67.0 cm³/mol. The average molecular weight is 251 g/mol. The van der Waals surface area contributed by atoms with Gasteiger partial charge in [-0.3, -0.25) is 9.69 Å². The zero-order chi connectivity index (χ0) is 13.0. The molecule has 2 heterocycles. The maximum atomic E-state index is 11.3. The fraction of sp³-hybridized carbons (Fsp3) is 0.769. The van der Waals surface area contributed by atoms with Crippen molar-refractivity contribution in [2.24, 2.45) is 0 Å². The lowest BCUT2D eigenvalue weighted by Gasteiger charge is -2.34. The molecule has 1 atom stereocenters. The Kier molecular flexibility index (Phi) is 4.47. The first kappa shape index (κ1) is 13.2. The molecule has 2 rings (SSSR count). The van der Waals surface area contributed by atoms with Crippen LogP contribution < -0.4 is 0 Å². The number of carbonyl (C=O) groups excluding carboxylic acids is 1. The highest BCUT2D eigenvalue weighted by Gasteiger charge is 2.25. The van der Waals surface area contributed by atoms with Crippen LogP contribution in [0.1, 0.15) is 51.3 Å². The van der Waals surface area contributed by atoms with Crippen molar-refractivity contribution in [1.29, 1.82) is 0 Å². The Hall–Kier alpha value is -1.23. The van der Waals surface area contributed by atoms with E-state index in [9.17, 15) is 4.79 Å². The Morgan fingerprint density at radius 3 is 2.83 bits per heavy atom. The third-order valence-corrected chi connectivity index (χ3v) is 3.42. The van der Waals surface area contributed by atoms with Gasteiger partial charge < -0.3 is 4.42 Å². The first-order chi connectivity index (χ1) is 8.69. The van der Waals surface area contributed by atoms with Crippen LogP contribution in [0.3, 0.4) is 0 Å². The number of rotatable bonds is 5. The summed E-state index contributed by atoms with van der Waals surface area (Å²) in [6, 6.07) is 0.341. The third-order valence-electron chi connectivity index (χ3n) is 3.42. The van der Waals surface area contributed by atoms with Crippen molar-refractivity contribution >= 4 is 5.78 Å². The van der Waals surface area contributed by atoms with E-state index >= 15 is 0 Å². The summed E-state index contributed by atoms with van der Waals surface area (Å²) in [7, 11) is 0. The molecule has 18 heavy (non-hydrogen) atoms. The van der Waals surface area contributed by atoms with Crippen LogP contribution in [0.2, 0.25) is 0 Å².